The summed E-state index contributed by atoms with van der Waals surface area (Å²) in [5, 5.41) is 8.29. The minimum Gasteiger partial charge on any atom is -0.484 e. The summed E-state index contributed by atoms with van der Waals surface area (Å²) in [6.07, 6.45) is 4.48. The molecule has 42 heavy (non-hydrogen) atoms. The molecular formula is C30H35BrF2N6O3. The zero-order chi connectivity index (χ0) is 30.1. The van der Waals surface area contributed by atoms with E-state index in [4.69, 9.17) is 10.5 Å². The minimum absolute atomic E-state index is 0.0192. The lowest BCUT2D eigenvalue weighted by atomic mass is 9.84. The van der Waals surface area contributed by atoms with Crippen LogP contribution in [0.15, 0.2) is 34.9 Å². The molecule has 2 N–H and O–H groups in total. The summed E-state index contributed by atoms with van der Waals surface area (Å²) in [6.45, 7) is 7.36. The van der Waals surface area contributed by atoms with Crippen LogP contribution in [0.1, 0.15) is 49.8 Å². The molecule has 2 amide bonds. The molecule has 0 unspecified atom stereocenters. The summed E-state index contributed by atoms with van der Waals surface area (Å²) in [4.78, 5) is 29.9. The maximum atomic E-state index is 14.3. The Bertz CT molecular complexity index is 1470. The lowest BCUT2D eigenvalue weighted by molar-refractivity contribution is -0.147. The standard InChI is InChI=1S/C30H35BrF2N6O3/c1-17-10-18(2)12-22(11-17)42-16-26(40)37-8-9-38(19(3)14-37)30(41)20-4-6-21(7-5-20)39-15-25(35-36-39)23-13-24(32)27(31)28(33)29(23)34/h10-13,15,19-21H,4-9,14,16,34H2,1-3H3/t19-,20?,21?/m1/s1. The molecule has 12 heteroatoms. The van der Waals surface area contributed by atoms with E-state index >= 15 is 0 Å². The van der Waals surface area contributed by atoms with Crippen LogP contribution < -0.4 is 10.5 Å². The van der Waals surface area contributed by atoms with E-state index in [-0.39, 0.29) is 57.8 Å². The third kappa shape index (κ3) is 6.28. The number of halogens is 3. The largest absolute Gasteiger partial charge is 0.484 e. The quantitative estimate of drug-likeness (QED) is 0.297. The number of hydrogen-bond acceptors (Lipinski definition) is 6. The molecule has 0 spiro atoms. The first kappa shape index (κ1) is 29.9. The van der Waals surface area contributed by atoms with Gasteiger partial charge in [-0.25, -0.2) is 13.5 Å². The average Bonchev–Trinajstić information content (AvgIpc) is 3.46. The Hall–Kier alpha value is -3.54. The van der Waals surface area contributed by atoms with Gasteiger partial charge < -0.3 is 20.3 Å². The van der Waals surface area contributed by atoms with E-state index in [2.05, 4.69) is 32.3 Å². The van der Waals surface area contributed by atoms with E-state index in [1.165, 1.54) is 0 Å². The predicted octanol–water partition coefficient (Wildman–Crippen LogP) is 5.05. The van der Waals surface area contributed by atoms with Crippen molar-refractivity contribution in [2.45, 2.75) is 58.5 Å². The van der Waals surface area contributed by atoms with Crippen molar-refractivity contribution in [3.8, 4) is 17.0 Å². The first-order chi connectivity index (χ1) is 20.0. The highest BCUT2D eigenvalue weighted by Crippen LogP contribution is 2.36. The Kier molecular flexibility index (Phi) is 8.81. The number of benzene rings is 2. The minimum atomic E-state index is -0.872. The van der Waals surface area contributed by atoms with E-state index in [1.807, 2.05) is 37.8 Å². The van der Waals surface area contributed by atoms with Gasteiger partial charge >= 0.3 is 0 Å². The Morgan fingerprint density at radius 1 is 1.07 bits per heavy atom. The molecule has 3 aromatic rings. The van der Waals surface area contributed by atoms with Gasteiger partial charge in [-0.2, -0.15) is 0 Å². The number of amides is 2. The van der Waals surface area contributed by atoms with Crippen LogP contribution in [-0.4, -0.2) is 68.9 Å². The van der Waals surface area contributed by atoms with E-state index < -0.39 is 11.6 Å². The highest BCUT2D eigenvalue weighted by atomic mass is 79.9. The summed E-state index contributed by atoms with van der Waals surface area (Å²) in [6, 6.07) is 6.94. The number of nitrogens with zero attached hydrogens (tertiary/aromatic N) is 5. The van der Waals surface area contributed by atoms with Crippen molar-refractivity contribution in [3.63, 3.8) is 0 Å². The van der Waals surface area contributed by atoms with Crippen LogP contribution in [0.25, 0.3) is 11.3 Å². The number of piperazine rings is 1. The molecule has 0 radical (unpaired) electrons. The molecule has 2 aliphatic rings. The van der Waals surface area contributed by atoms with Crippen LogP contribution >= 0.6 is 15.9 Å². The molecular weight excluding hydrogens is 610 g/mol. The average molecular weight is 646 g/mol. The van der Waals surface area contributed by atoms with Crippen molar-refractivity contribution >= 4 is 33.4 Å². The summed E-state index contributed by atoms with van der Waals surface area (Å²) < 4.78 is 35.5. The highest BCUT2D eigenvalue weighted by molar-refractivity contribution is 9.10. The number of ether oxygens (including phenoxy) is 1. The van der Waals surface area contributed by atoms with Gasteiger partial charge in [0.2, 0.25) is 5.91 Å². The SMILES string of the molecule is Cc1cc(C)cc(OCC(=O)N2CCN(C(=O)C3CCC(n4cc(-c5cc(F)c(Br)c(F)c5N)nn4)CC3)[C@H](C)C2)c1. The van der Waals surface area contributed by atoms with Gasteiger partial charge in [0.05, 0.1) is 22.4 Å². The van der Waals surface area contributed by atoms with Crippen LogP contribution in [0.5, 0.6) is 5.75 Å². The van der Waals surface area contributed by atoms with E-state index in [1.54, 1.807) is 15.8 Å². The molecule has 5 rings (SSSR count). The fourth-order valence-electron chi connectivity index (χ4n) is 5.99. The maximum Gasteiger partial charge on any atom is 0.260 e. The normalized spacial score (nSPS) is 21.0. The Labute approximate surface area is 252 Å². The van der Waals surface area contributed by atoms with Crippen molar-refractivity contribution in [1.29, 1.82) is 0 Å². The molecule has 1 aliphatic carbocycles. The second-order valence-corrected chi connectivity index (χ2v) is 12.2. The van der Waals surface area contributed by atoms with Crippen molar-refractivity contribution in [1.82, 2.24) is 24.8 Å². The Morgan fingerprint density at radius 3 is 2.43 bits per heavy atom. The number of carbonyl (C=O) groups is 2. The molecule has 1 saturated carbocycles. The van der Waals surface area contributed by atoms with Crippen LogP contribution in [0, 0.1) is 31.4 Å². The zero-order valence-corrected chi connectivity index (χ0v) is 25.5. The van der Waals surface area contributed by atoms with Gasteiger partial charge in [-0.05, 0) is 91.7 Å². The number of aryl methyl sites for hydroxylation is 2. The van der Waals surface area contributed by atoms with Crippen LogP contribution in [0.4, 0.5) is 14.5 Å². The Balaban J connectivity index is 1.12. The summed E-state index contributed by atoms with van der Waals surface area (Å²) in [7, 11) is 0. The fraction of sp³-hybridized carbons (Fsp3) is 0.467. The van der Waals surface area contributed by atoms with Gasteiger partial charge in [-0.15, -0.1) is 5.10 Å². The second-order valence-electron chi connectivity index (χ2n) is 11.4. The molecule has 1 aliphatic heterocycles. The summed E-state index contributed by atoms with van der Waals surface area (Å²) in [5.74, 6) is -1.03. The van der Waals surface area contributed by atoms with Crippen molar-refractivity contribution in [2.75, 3.05) is 32.0 Å². The topological polar surface area (TPSA) is 107 Å². The molecule has 1 atom stereocenters. The number of carbonyl (C=O) groups excluding carboxylic acids is 2. The van der Waals surface area contributed by atoms with Gasteiger partial charge in [0.25, 0.3) is 5.91 Å². The second kappa shape index (κ2) is 12.4. The van der Waals surface area contributed by atoms with Gasteiger partial charge in [-0.3, -0.25) is 9.59 Å². The van der Waals surface area contributed by atoms with Gasteiger partial charge in [0.15, 0.2) is 12.4 Å². The molecule has 2 heterocycles. The third-order valence-corrected chi connectivity index (χ3v) is 8.95. The zero-order valence-electron chi connectivity index (χ0n) is 23.9. The van der Waals surface area contributed by atoms with Crippen molar-refractivity contribution in [2.24, 2.45) is 5.92 Å². The highest BCUT2D eigenvalue weighted by Gasteiger charge is 2.36. The Morgan fingerprint density at radius 2 is 1.76 bits per heavy atom. The van der Waals surface area contributed by atoms with E-state index in [0.717, 1.165) is 30.0 Å². The first-order valence-electron chi connectivity index (χ1n) is 14.2. The van der Waals surface area contributed by atoms with E-state index in [9.17, 15) is 18.4 Å². The molecule has 2 aromatic carbocycles. The number of hydrogen-bond donors (Lipinski definition) is 1. The van der Waals surface area contributed by atoms with E-state index in [0.29, 0.717) is 38.2 Å². The van der Waals surface area contributed by atoms with Crippen molar-refractivity contribution in [3.05, 3.63) is 57.7 Å². The molecule has 1 saturated heterocycles. The number of nitrogens with two attached hydrogens (primary N) is 1. The lowest BCUT2D eigenvalue weighted by Crippen LogP contribution is -2.57. The van der Waals surface area contributed by atoms with Crippen LogP contribution in [-0.2, 0) is 9.59 Å². The number of nitrogen functional groups attached to an aromatic ring is 1. The summed E-state index contributed by atoms with van der Waals surface area (Å²) in [5.41, 5.74) is 8.26. The smallest absolute Gasteiger partial charge is 0.260 e. The van der Waals surface area contributed by atoms with Gasteiger partial charge in [-0.1, -0.05) is 11.3 Å². The fourth-order valence-corrected chi connectivity index (χ4v) is 6.31. The third-order valence-electron chi connectivity index (χ3n) is 8.23. The molecule has 0 bridgehead atoms. The number of anilines is 1. The first-order valence-corrected chi connectivity index (χ1v) is 15.0. The maximum absolute atomic E-state index is 14.3. The monoisotopic (exact) mass is 644 g/mol. The van der Waals surface area contributed by atoms with Gasteiger partial charge in [0.1, 0.15) is 17.3 Å². The number of aromatic nitrogens is 3. The molecule has 9 nitrogen and oxygen atoms in total. The molecule has 1 aromatic heterocycles. The predicted molar refractivity (Wildman–Crippen MR) is 158 cm³/mol. The van der Waals surface area contributed by atoms with Crippen molar-refractivity contribution < 1.29 is 23.1 Å². The van der Waals surface area contributed by atoms with Crippen LogP contribution in [0.2, 0.25) is 0 Å². The lowest BCUT2D eigenvalue weighted by Gasteiger charge is -2.42. The van der Waals surface area contributed by atoms with Crippen LogP contribution in [0.3, 0.4) is 0 Å². The van der Waals surface area contributed by atoms with Gasteiger partial charge in [0, 0.05) is 37.2 Å². The molecule has 2 fully saturated rings. The summed E-state index contributed by atoms with van der Waals surface area (Å²) >= 11 is 2.86. The number of rotatable bonds is 6. The molecule has 224 valence electrons.